The predicted octanol–water partition coefficient (Wildman–Crippen LogP) is -0.633. The zero-order valence-electron chi connectivity index (χ0n) is 10.5. The van der Waals surface area contributed by atoms with Crippen molar-refractivity contribution in [3.63, 3.8) is 0 Å². The Labute approximate surface area is 105 Å². The Kier molecular flexibility index (Phi) is 3.29. The summed E-state index contributed by atoms with van der Waals surface area (Å²) in [7, 11) is 12.5. The van der Waals surface area contributed by atoms with E-state index in [-0.39, 0.29) is 5.91 Å². The van der Waals surface area contributed by atoms with E-state index in [2.05, 4.69) is 5.32 Å². The van der Waals surface area contributed by atoms with Crippen LogP contribution in [0.2, 0.25) is 0 Å². The number of amides is 1. The molecule has 4 nitrogen and oxygen atoms in total. The lowest BCUT2D eigenvalue weighted by molar-refractivity contribution is -0.198. The summed E-state index contributed by atoms with van der Waals surface area (Å²) in [6.45, 7) is 5.79. The SMILES string of the molecule is [B]C1([B])N(CC)C(=O)C(C)OC12CCNCC2. The Morgan fingerprint density at radius 3 is 2.59 bits per heavy atom. The minimum Gasteiger partial charge on any atom is -0.361 e. The normalized spacial score (nSPS) is 31.8. The van der Waals surface area contributed by atoms with Gasteiger partial charge in [0.05, 0.1) is 21.3 Å². The Balaban J connectivity index is 2.35. The van der Waals surface area contributed by atoms with E-state index in [9.17, 15) is 4.79 Å². The van der Waals surface area contributed by atoms with Crippen LogP contribution in [0.25, 0.3) is 0 Å². The molecule has 90 valence electrons. The molecule has 1 amide bonds. The number of nitrogens with one attached hydrogen (secondary N) is 1. The second-order valence-electron chi connectivity index (χ2n) is 4.91. The van der Waals surface area contributed by atoms with Crippen LogP contribution in [0.3, 0.4) is 0 Å². The molecule has 0 bridgehead atoms. The molecule has 4 radical (unpaired) electrons. The van der Waals surface area contributed by atoms with Gasteiger partial charge >= 0.3 is 0 Å². The molecule has 2 aliphatic heterocycles. The summed E-state index contributed by atoms with van der Waals surface area (Å²) in [5, 5.41) is 2.04. The molecule has 1 atom stereocenters. The monoisotopic (exact) mass is 232 g/mol. The van der Waals surface area contributed by atoms with Crippen molar-refractivity contribution < 1.29 is 9.53 Å². The van der Waals surface area contributed by atoms with Crippen molar-refractivity contribution >= 4 is 21.6 Å². The van der Waals surface area contributed by atoms with Gasteiger partial charge in [0, 0.05) is 6.54 Å². The van der Waals surface area contributed by atoms with Crippen LogP contribution in [-0.2, 0) is 9.53 Å². The molecule has 1 unspecified atom stereocenters. The standard InChI is InChI=1S/C11H18B2N2O2/c1-3-15-9(16)8(2)17-10(11(15,12)13)4-6-14-7-5-10/h8,14H,3-7H2,1-2H3. The average molecular weight is 232 g/mol. The number of likely N-dealkylation sites (N-methyl/N-ethyl adjacent to an activating group) is 1. The summed E-state index contributed by atoms with van der Waals surface area (Å²) in [6.07, 6.45) is 0.996. The van der Waals surface area contributed by atoms with Gasteiger partial charge < -0.3 is 15.0 Å². The van der Waals surface area contributed by atoms with Gasteiger partial charge in [-0.2, -0.15) is 0 Å². The van der Waals surface area contributed by atoms with Crippen LogP contribution in [0.15, 0.2) is 0 Å². The van der Waals surface area contributed by atoms with Crippen molar-refractivity contribution in [2.75, 3.05) is 19.6 Å². The highest BCUT2D eigenvalue weighted by atomic mass is 16.5. The van der Waals surface area contributed by atoms with E-state index >= 15 is 0 Å². The van der Waals surface area contributed by atoms with Crippen molar-refractivity contribution in [1.29, 1.82) is 0 Å². The van der Waals surface area contributed by atoms with E-state index in [1.54, 1.807) is 11.8 Å². The van der Waals surface area contributed by atoms with Gasteiger partial charge in [-0.05, 0) is 45.1 Å². The first-order valence-electron chi connectivity index (χ1n) is 6.22. The highest BCUT2D eigenvalue weighted by molar-refractivity contribution is 6.42. The topological polar surface area (TPSA) is 41.6 Å². The zero-order chi connectivity index (χ0) is 12.7. The molecule has 0 aromatic carbocycles. The molecule has 0 aromatic rings. The van der Waals surface area contributed by atoms with Gasteiger partial charge in [-0.15, -0.1) is 0 Å². The molecule has 1 N–H and O–H groups in total. The second-order valence-corrected chi connectivity index (χ2v) is 4.91. The maximum absolute atomic E-state index is 12.0. The fraction of sp³-hybridized carbons (Fsp3) is 0.909. The maximum atomic E-state index is 12.0. The number of hydrogen-bond donors (Lipinski definition) is 1. The molecule has 2 heterocycles. The number of carbonyl (C=O) groups excluding carboxylic acids is 1. The van der Waals surface area contributed by atoms with Gasteiger partial charge in [0.2, 0.25) is 0 Å². The van der Waals surface area contributed by atoms with Crippen LogP contribution in [0, 0.1) is 0 Å². The second kappa shape index (κ2) is 4.32. The quantitative estimate of drug-likeness (QED) is 0.611. The van der Waals surface area contributed by atoms with E-state index < -0.39 is 17.0 Å². The summed E-state index contributed by atoms with van der Waals surface area (Å²) in [5.41, 5.74) is -0.623. The Morgan fingerprint density at radius 2 is 2.06 bits per heavy atom. The Hall–Kier alpha value is -0.480. The van der Waals surface area contributed by atoms with Crippen molar-refractivity contribution in [3.8, 4) is 0 Å². The lowest BCUT2D eigenvalue weighted by Crippen LogP contribution is -2.75. The molecule has 2 fully saturated rings. The molecular weight excluding hydrogens is 214 g/mol. The number of nitrogens with zero attached hydrogens (tertiary/aromatic N) is 1. The molecule has 2 aliphatic rings. The van der Waals surface area contributed by atoms with Crippen LogP contribution < -0.4 is 5.32 Å². The van der Waals surface area contributed by atoms with Crippen LogP contribution in [0.5, 0.6) is 0 Å². The molecule has 17 heavy (non-hydrogen) atoms. The lowest BCUT2D eigenvalue weighted by Gasteiger charge is -2.59. The van der Waals surface area contributed by atoms with Crippen LogP contribution in [0.4, 0.5) is 0 Å². The maximum Gasteiger partial charge on any atom is 0.250 e. The molecule has 2 saturated heterocycles. The fourth-order valence-corrected chi connectivity index (χ4v) is 2.90. The molecule has 0 aromatic heterocycles. The van der Waals surface area contributed by atoms with E-state index in [1.165, 1.54) is 0 Å². The van der Waals surface area contributed by atoms with Crippen LogP contribution in [0.1, 0.15) is 26.7 Å². The summed E-state index contributed by atoms with van der Waals surface area (Å²) in [4.78, 5) is 13.6. The number of hydrogen-bond acceptors (Lipinski definition) is 3. The zero-order valence-corrected chi connectivity index (χ0v) is 10.5. The molecule has 2 rings (SSSR count). The smallest absolute Gasteiger partial charge is 0.250 e. The van der Waals surface area contributed by atoms with E-state index in [4.69, 9.17) is 20.4 Å². The third kappa shape index (κ3) is 1.82. The number of carbonyl (C=O) groups is 1. The van der Waals surface area contributed by atoms with Crippen molar-refractivity contribution in [2.24, 2.45) is 0 Å². The van der Waals surface area contributed by atoms with Gasteiger partial charge in [0.1, 0.15) is 6.10 Å². The molecule has 0 aliphatic carbocycles. The number of rotatable bonds is 1. The van der Waals surface area contributed by atoms with Crippen LogP contribution in [-0.4, -0.2) is 63.2 Å². The van der Waals surface area contributed by atoms with Crippen molar-refractivity contribution in [2.45, 2.75) is 43.7 Å². The van der Waals surface area contributed by atoms with Crippen LogP contribution >= 0.6 is 0 Å². The third-order valence-corrected chi connectivity index (χ3v) is 3.92. The molecule has 0 saturated carbocycles. The largest absolute Gasteiger partial charge is 0.361 e. The minimum atomic E-state index is -1.21. The number of piperidine rings is 1. The van der Waals surface area contributed by atoms with Gasteiger partial charge in [-0.25, -0.2) is 0 Å². The highest BCUT2D eigenvalue weighted by Gasteiger charge is 2.55. The van der Waals surface area contributed by atoms with Crippen molar-refractivity contribution in [3.05, 3.63) is 0 Å². The summed E-state index contributed by atoms with van der Waals surface area (Å²) < 4.78 is 5.89. The minimum absolute atomic E-state index is 0.123. The Bertz CT molecular complexity index is 317. The Morgan fingerprint density at radius 1 is 1.47 bits per heavy atom. The first-order valence-corrected chi connectivity index (χ1v) is 6.22. The summed E-state index contributed by atoms with van der Waals surface area (Å²) >= 11 is 0. The average Bonchev–Trinajstić information content (AvgIpc) is 2.29. The molecule has 6 heteroatoms. The van der Waals surface area contributed by atoms with E-state index in [0.29, 0.717) is 6.54 Å². The highest BCUT2D eigenvalue weighted by Crippen LogP contribution is 2.40. The number of morpholine rings is 1. The third-order valence-electron chi connectivity index (χ3n) is 3.92. The lowest BCUT2D eigenvalue weighted by atomic mass is 9.48. The van der Waals surface area contributed by atoms with Crippen molar-refractivity contribution in [1.82, 2.24) is 10.2 Å². The first-order chi connectivity index (χ1) is 7.94. The fourth-order valence-electron chi connectivity index (χ4n) is 2.90. The van der Waals surface area contributed by atoms with Gasteiger partial charge in [0.25, 0.3) is 5.91 Å². The van der Waals surface area contributed by atoms with E-state index in [0.717, 1.165) is 25.9 Å². The molecule has 1 spiro atoms. The number of ether oxygens (including phenoxy) is 1. The predicted molar refractivity (Wildman–Crippen MR) is 67.0 cm³/mol. The van der Waals surface area contributed by atoms with E-state index in [1.807, 2.05) is 6.92 Å². The summed E-state index contributed by atoms with van der Waals surface area (Å²) in [5.74, 6) is -0.123. The molecular formula is C11H18B2N2O2. The van der Waals surface area contributed by atoms with Gasteiger partial charge in [-0.1, -0.05) is 0 Å². The van der Waals surface area contributed by atoms with Gasteiger partial charge in [0.15, 0.2) is 0 Å². The first kappa shape index (κ1) is 13.0. The summed E-state index contributed by atoms with van der Waals surface area (Å²) in [6, 6.07) is 0. The van der Waals surface area contributed by atoms with Gasteiger partial charge in [-0.3, -0.25) is 4.79 Å².